The molecule has 1 heterocycles. The van der Waals surface area contributed by atoms with Crippen LogP contribution in [0.2, 0.25) is 0 Å². The fourth-order valence-corrected chi connectivity index (χ4v) is 2.40. The minimum Gasteiger partial charge on any atom is -0.490 e. The third-order valence-corrected chi connectivity index (χ3v) is 3.42. The molecule has 17 heavy (non-hydrogen) atoms. The Balaban J connectivity index is 1.84. The molecule has 1 aromatic rings. The van der Waals surface area contributed by atoms with Crippen LogP contribution >= 0.6 is 15.9 Å². The molecule has 0 amide bonds. The number of nitrogens with zero attached hydrogens (tertiary/aromatic N) is 2. The van der Waals surface area contributed by atoms with Crippen LogP contribution in [-0.2, 0) is 0 Å². The number of halogens is 1. The maximum absolute atomic E-state index is 8.62. The summed E-state index contributed by atoms with van der Waals surface area (Å²) in [5.74, 6) is 0.915. The number of likely N-dealkylation sites (tertiary alicyclic amines) is 1. The minimum absolute atomic E-state index is 0.277. The number of hydrogen-bond donors (Lipinski definition) is 0. The zero-order valence-corrected chi connectivity index (χ0v) is 11.2. The van der Waals surface area contributed by atoms with Gasteiger partial charge in [0.2, 0.25) is 0 Å². The van der Waals surface area contributed by atoms with Crippen molar-refractivity contribution >= 4 is 15.9 Å². The lowest BCUT2D eigenvalue weighted by Gasteiger charge is -2.30. The predicted octanol–water partition coefficient (Wildman–Crippen LogP) is 2.82. The standard InChI is InChI=1S/C13H15BrN2O/c14-11-2-1-3-13(10-11)17-12-4-7-16(8-5-12)9-6-15/h1-3,10,12H,4-5,7-9H2. The first kappa shape index (κ1) is 12.4. The summed E-state index contributed by atoms with van der Waals surface area (Å²) in [5, 5.41) is 8.62. The van der Waals surface area contributed by atoms with Gasteiger partial charge in [-0.05, 0) is 31.0 Å². The molecule has 0 bridgehead atoms. The molecule has 1 aliphatic heterocycles. The summed E-state index contributed by atoms with van der Waals surface area (Å²) in [6, 6.07) is 10.1. The van der Waals surface area contributed by atoms with Crippen LogP contribution < -0.4 is 4.74 Å². The average Bonchev–Trinajstić information content (AvgIpc) is 2.32. The lowest BCUT2D eigenvalue weighted by molar-refractivity contribution is 0.108. The van der Waals surface area contributed by atoms with Gasteiger partial charge < -0.3 is 4.74 Å². The van der Waals surface area contributed by atoms with Gasteiger partial charge in [0.15, 0.2) is 0 Å². The summed E-state index contributed by atoms with van der Waals surface area (Å²) in [6.45, 7) is 2.43. The maximum Gasteiger partial charge on any atom is 0.120 e. The largest absolute Gasteiger partial charge is 0.490 e. The highest BCUT2D eigenvalue weighted by Gasteiger charge is 2.20. The van der Waals surface area contributed by atoms with Gasteiger partial charge in [0.25, 0.3) is 0 Å². The number of piperidine rings is 1. The van der Waals surface area contributed by atoms with Crippen LogP contribution in [0.1, 0.15) is 12.8 Å². The number of ether oxygens (including phenoxy) is 1. The number of hydrogen-bond acceptors (Lipinski definition) is 3. The van der Waals surface area contributed by atoms with E-state index in [-0.39, 0.29) is 6.10 Å². The molecule has 0 aliphatic carbocycles. The highest BCUT2D eigenvalue weighted by atomic mass is 79.9. The van der Waals surface area contributed by atoms with Crippen LogP contribution in [0.25, 0.3) is 0 Å². The van der Waals surface area contributed by atoms with E-state index in [0.29, 0.717) is 6.54 Å². The zero-order valence-electron chi connectivity index (χ0n) is 9.60. The van der Waals surface area contributed by atoms with E-state index in [9.17, 15) is 0 Å². The van der Waals surface area contributed by atoms with Crippen LogP contribution in [0.3, 0.4) is 0 Å². The van der Waals surface area contributed by atoms with Gasteiger partial charge in [-0.15, -0.1) is 0 Å². The van der Waals surface area contributed by atoms with Crippen molar-refractivity contribution in [2.45, 2.75) is 18.9 Å². The highest BCUT2D eigenvalue weighted by Crippen LogP contribution is 2.22. The van der Waals surface area contributed by atoms with Crippen molar-refractivity contribution in [1.29, 1.82) is 5.26 Å². The molecule has 2 rings (SSSR count). The van der Waals surface area contributed by atoms with Gasteiger partial charge in [-0.3, -0.25) is 4.90 Å². The van der Waals surface area contributed by atoms with Crippen LogP contribution in [0.15, 0.2) is 28.7 Å². The van der Waals surface area contributed by atoms with Crippen LogP contribution in [0.4, 0.5) is 0 Å². The second kappa shape index (κ2) is 6.04. The van der Waals surface area contributed by atoms with Crippen molar-refractivity contribution in [3.63, 3.8) is 0 Å². The van der Waals surface area contributed by atoms with Gasteiger partial charge in [-0.1, -0.05) is 22.0 Å². The Hall–Kier alpha value is -1.05. The molecule has 0 aromatic heterocycles. The molecule has 0 saturated carbocycles. The lowest BCUT2D eigenvalue weighted by Crippen LogP contribution is -2.38. The third-order valence-electron chi connectivity index (χ3n) is 2.93. The Morgan fingerprint density at radius 3 is 2.82 bits per heavy atom. The van der Waals surface area contributed by atoms with Crippen LogP contribution in [0.5, 0.6) is 5.75 Å². The highest BCUT2D eigenvalue weighted by molar-refractivity contribution is 9.10. The first-order valence-electron chi connectivity index (χ1n) is 5.79. The Labute approximate surface area is 110 Å². The Kier molecular flexibility index (Phi) is 4.41. The van der Waals surface area contributed by atoms with Crippen molar-refractivity contribution in [2.24, 2.45) is 0 Å². The molecule has 90 valence electrons. The molecule has 1 aromatic carbocycles. The summed E-state index contributed by atoms with van der Waals surface area (Å²) >= 11 is 3.43. The Morgan fingerprint density at radius 2 is 2.18 bits per heavy atom. The molecule has 0 atom stereocenters. The van der Waals surface area contributed by atoms with E-state index in [4.69, 9.17) is 10.00 Å². The summed E-state index contributed by atoms with van der Waals surface area (Å²) in [6.07, 6.45) is 2.27. The summed E-state index contributed by atoms with van der Waals surface area (Å²) < 4.78 is 6.96. The predicted molar refractivity (Wildman–Crippen MR) is 69.8 cm³/mol. The normalized spacial score (nSPS) is 17.6. The van der Waals surface area contributed by atoms with Gasteiger partial charge in [0, 0.05) is 17.6 Å². The molecule has 1 saturated heterocycles. The molecule has 0 spiro atoms. The molecule has 3 nitrogen and oxygen atoms in total. The van der Waals surface area contributed by atoms with Crippen molar-refractivity contribution in [3.05, 3.63) is 28.7 Å². The first-order chi connectivity index (χ1) is 8.28. The fraction of sp³-hybridized carbons (Fsp3) is 0.462. The zero-order chi connectivity index (χ0) is 12.1. The summed E-state index contributed by atoms with van der Waals surface area (Å²) in [4.78, 5) is 2.17. The van der Waals surface area contributed by atoms with E-state index in [1.165, 1.54) is 0 Å². The molecule has 0 unspecified atom stereocenters. The number of benzene rings is 1. The second-order valence-corrected chi connectivity index (χ2v) is 5.12. The number of nitriles is 1. The van der Waals surface area contributed by atoms with Crippen LogP contribution in [0, 0.1) is 11.3 Å². The first-order valence-corrected chi connectivity index (χ1v) is 6.59. The minimum atomic E-state index is 0.277. The summed E-state index contributed by atoms with van der Waals surface area (Å²) in [5.41, 5.74) is 0. The van der Waals surface area contributed by atoms with E-state index >= 15 is 0 Å². The molecular formula is C13H15BrN2O. The molecular weight excluding hydrogens is 280 g/mol. The van der Waals surface area contributed by atoms with E-state index in [1.54, 1.807) is 0 Å². The van der Waals surface area contributed by atoms with Gasteiger partial charge in [-0.25, -0.2) is 0 Å². The van der Waals surface area contributed by atoms with E-state index < -0.39 is 0 Å². The van der Waals surface area contributed by atoms with E-state index in [2.05, 4.69) is 26.9 Å². The van der Waals surface area contributed by atoms with Gasteiger partial charge in [0.05, 0.1) is 12.6 Å². The average molecular weight is 295 g/mol. The smallest absolute Gasteiger partial charge is 0.120 e. The molecule has 1 fully saturated rings. The quantitative estimate of drug-likeness (QED) is 0.805. The van der Waals surface area contributed by atoms with Crippen molar-refractivity contribution in [2.75, 3.05) is 19.6 Å². The van der Waals surface area contributed by atoms with Gasteiger partial charge >= 0.3 is 0 Å². The van der Waals surface area contributed by atoms with Gasteiger partial charge in [0.1, 0.15) is 11.9 Å². The maximum atomic E-state index is 8.62. The van der Waals surface area contributed by atoms with Crippen molar-refractivity contribution in [1.82, 2.24) is 4.90 Å². The monoisotopic (exact) mass is 294 g/mol. The fourth-order valence-electron chi connectivity index (χ4n) is 2.02. The molecule has 4 heteroatoms. The van der Waals surface area contributed by atoms with E-state index in [1.807, 2.05) is 24.3 Å². The van der Waals surface area contributed by atoms with Gasteiger partial charge in [-0.2, -0.15) is 5.26 Å². The summed E-state index contributed by atoms with van der Waals surface area (Å²) in [7, 11) is 0. The lowest BCUT2D eigenvalue weighted by atomic mass is 10.1. The third kappa shape index (κ3) is 3.72. The van der Waals surface area contributed by atoms with E-state index in [0.717, 1.165) is 36.2 Å². The number of rotatable bonds is 3. The topological polar surface area (TPSA) is 36.3 Å². The second-order valence-electron chi connectivity index (χ2n) is 4.21. The Morgan fingerprint density at radius 1 is 1.41 bits per heavy atom. The van der Waals surface area contributed by atoms with Crippen LogP contribution in [-0.4, -0.2) is 30.6 Å². The molecule has 0 radical (unpaired) electrons. The molecule has 1 aliphatic rings. The molecule has 0 N–H and O–H groups in total. The van der Waals surface area contributed by atoms with Crippen molar-refractivity contribution in [3.8, 4) is 11.8 Å². The van der Waals surface area contributed by atoms with Crippen molar-refractivity contribution < 1.29 is 4.74 Å². The SMILES string of the molecule is N#CCN1CCC(Oc2cccc(Br)c2)CC1. The Bertz CT molecular complexity index is 408.